The molecule has 0 aliphatic carbocycles. The van der Waals surface area contributed by atoms with Gasteiger partial charge in [0.1, 0.15) is 0 Å². The first-order valence-corrected chi connectivity index (χ1v) is 11.7. The lowest BCUT2D eigenvalue weighted by molar-refractivity contribution is -0.154. The quantitative estimate of drug-likeness (QED) is 0.450. The van der Waals surface area contributed by atoms with Crippen molar-refractivity contribution in [3.8, 4) is 0 Å². The van der Waals surface area contributed by atoms with Crippen molar-refractivity contribution in [2.75, 3.05) is 13.6 Å². The number of piperidine rings is 1. The maximum Gasteiger partial charge on any atom is 0.229 e. The topological polar surface area (TPSA) is 32.3 Å². The summed E-state index contributed by atoms with van der Waals surface area (Å²) in [4.78, 5) is 16.1. The van der Waals surface area contributed by atoms with Gasteiger partial charge in [0.15, 0.2) is 0 Å². The standard InChI is InChI=1S/C26H32Cl2N2O/c1-5-14-26(3)16-23(19-8-7-9-21(28)15-19)24(18-10-12-20(27)13-11-18)30(25(26)31)22(6-2)17-29-4/h5,7-13,15,22-24,29H,1,6,14,16-17H2,2-4H3/t22-,23?,24?,26?/m0/s1. The molecule has 1 heterocycles. The lowest BCUT2D eigenvalue weighted by atomic mass is 9.67. The van der Waals surface area contributed by atoms with Gasteiger partial charge in [-0.25, -0.2) is 0 Å². The minimum Gasteiger partial charge on any atom is -0.330 e. The lowest BCUT2D eigenvalue weighted by Crippen LogP contribution is -2.57. The number of likely N-dealkylation sites (tertiary alicyclic amines) is 1. The third-order valence-corrected chi connectivity index (χ3v) is 6.98. The Labute approximate surface area is 196 Å². The highest BCUT2D eigenvalue weighted by molar-refractivity contribution is 6.30. The highest BCUT2D eigenvalue weighted by Crippen LogP contribution is 2.52. The third-order valence-electron chi connectivity index (χ3n) is 6.49. The second kappa shape index (κ2) is 10.2. The minimum absolute atomic E-state index is 0.0734. The van der Waals surface area contributed by atoms with Crippen molar-refractivity contribution in [2.24, 2.45) is 5.41 Å². The molecule has 2 aromatic carbocycles. The van der Waals surface area contributed by atoms with E-state index in [9.17, 15) is 4.79 Å². The van der Waals surface area contributed by atoms with Crippen LogP contribution in [0.15, 0.2) is 61.2 Å². The van der Waals surface area contributed by atoms with Gasteiger partial charge in [-0.2, -0.15) is 0 Å². The van der Waals surface area contributed by atoms with Crippen molar-refractivity contribution in [1.82, 2.24) is 10.2 Å². The molecule has 1 N–H and O–H groups in total. The third kappa shape index (κ3) is 5.00. The maximum atomic E-state index is 14.0. The van der Waals surface area contributed by atoms with Crippen LogP contribution in [0.5, 0.6) is 0 Å². The van der Waals surface area contributed by atoms with E-state index < -0.39 is 5.41 Å². The van der Waals surface area contributed by atoms with Gasteiger partial charge in [-0.1, -0.05) is 67.4 Å². The predicted molar refractivity (Wildman–Crippen MR) is 131 cm³/mol. The Hall–Kier alpha value is -1.81. The van der Waals surface area contributed by atoms with Gasteiger partial charge in [0.25, 0.3) is 0 Å². The van der Waals surface area contributed by atoms with Crippen LogP contribution < -0.4 is 5.32 Å². The summed E-state index contributed by atoms with van der Waals surface area (Å²) >= 11 is 12.6. The van der Waals surface area contributed by atoms with E-state index in [1.165, 1.54) is 0 Å². The summed E-state index contributed by atoms with van der Waals surface area (Å²) in [6.45, 7) is 8.89. The van der Waals surface area contributed by atoms with Crippen LogP contribution in [0.25, 0.3) is 0 Å². The molecule has 0 aromatic heterocycles. The zero-order valence-electron chi connectivity index (χ0n) is 18.6. The highest BCUT2D eigenvalue weighted by Gasteiger charge is 2.50. The van der Waals surface area contributed by atoms with Crippen molar-refractivity contribution in [3.63, 3.8) is 0 Å². The van der Waals surface area contributed by atoms with Gasteiger partial charge >= 0.3 is 0 Å². The summed E-state index contributed by atoms with van der Waals surface area (Å²) in [6.07, 6.45) is 4.11. The van der Waals surface area contributed by atoms with E-state index in [0.717, 1.165) is 30.5 Å². The van der Waals surface area contributed by atoms with Crippen LogP contribution in [-0.4, -0.2) is 30.4 Å². The van der Waals surface area contributed by atoms with Crippen molar-refractivity contribution >= 4 is 29.1 Å². The van der Waals surface area contributed by atoms with Crippen LogP contribution in [0.2, 0.25) is 10.0 Å². The fraction of sp³-hybridized carbons (Fsp3) is 0.423. The number of likely N-dealkylation sites (N-methyl/N-ethyl adjacent to an activating group) is 1. The summed E-state index contributed by atoms with van der Waals surface area (Å²) < 4.78 is 0. The Morgan fingerprint density at radius 3 is 2.48 bits per heavy atom. The zero-order valence-corrected chi connectivity index (χ0v) is 20.1. The first kappa shape index (κ1) is 23.8. The number of allylic oxidation sites excluding steroid dienone is 1. The Morgan fingerprint density at radius 1 is 1.19 bits per heavy atom. The molecule has 1 fully saturated rings. The van der Waals surface area contributed by atoms with Crippen LogP contribution in [-0.2, 0) is 4.79 Å². The summed E-state index contributed by atoms with van der Waals surface area (Å²) in [5, 5.41) is 4.69. The molecule has 3 rings (SSSR count). The molecule has 1 saturated heterocycles. The smallest absolute Gasteiger partial charge is 0.229 e. The summed E-state index contributed by atoms with van der Waals surface area (Å²) in [7, 11) is 1.94. The second-order valence-corrected chi connectivity index (χ2v) is 9.62. The number of benzene rings is 2. The summed E-state index contributed by atoms with van der Waals surface area (Å²) in [6, 6.07) is 15.9. The van der Waals surface area contributed by atoms with Crippen molar-refractivity contribution < 1.29 is 4.79 Å². The molecule has 1 aliphatic rings. The Kier molecular flexibility index (Phi) is 7.85. The SMILES string of the molecule is C=CCC1(C)CC(c2cccc(Cl)c2)C(c2ccc(Cl)cc2)N([C@@H](CC)CNC)C1=O. The average Bonchev–Trinajstić information content (AvgIpc) is 2.75. The molecule has 0 spiro atoms. The lowest BCUT2D eigenvalue weighted by Gasteiger charge is -2.52. The molecule has 31 heavy (non-hydrogen) atoms. The first-order valence-electron chi connectivity index (χ1n) is 10.9. The number of hydrogen-bond acceptors (Lipinski definition) is 2. The van der Waals surface area contributed by atoms with E-state index in [4.69, 9.17) is 23.2 Å². The summed E-state index contributed by atoms with van der Waals surface area (Å²) in [5.41, 5.74) is 1.73. The van der Waals surface area contributed by atoms with Gasteiger partial charge in [0, 0.05) is 28.5 Å². The van der Waals surface area contributed by atoms with E-state index in [0.29, 0.717) is 16.5 Å². The molecule has 3 unspecified atom stereocenters. The molecule has 5 heteroatoms. The van der Waals surface area contributed by atoms with Gasteiger partial charge < -0.3 is 10.2 Å². The maximum absolute atomic E-state index is 14.0. The highest BCUT2D eigenvalue weighted by atomic mass is 35.5. The number of rotatable bonds is 8. The number of amides is 1. The van der Waals surface area contributed by atoms with Crippen molar-refractivity contribution in [1.29, 1.82) is 0 Å². The van der Waals surface area contributed by atoms with Crippen LogP contribution in [0.4, 0.5) is 0 Å². The van der Waals surface area contributed by atoms with Gasteiger partial charge in [-0.3, -0.25) is 4.79 Å². The molecular weight excluding hydrogens is 427 g/mol. The normalized spacial score (nSPS) is 24.8. The van der Waals surface area contributed by atoms with E-state index in [-0.39, 0.29) is 23.9 Å². The molecule has 0 bridgehead atoms. The van der Waals surface area contributed by atoms with E-state index in [1.54, 1.807) is 0 Å². The van der Waals surface area contributed by atoms with E-state index in [1.807, 2.05) is 55.6 Å². The fourth-order valence-corrected chi connectivity index (χ4v) is 5.29. The van der Waals surface area contributed by atoms with Gasteiger partial charge in [-0.15, -0.1) is 6.58 Å². The number of halogens is 2. The predicted octanol–water partition coefficient (Wildman–Crippen LogP) is 6.63. The monoisotopic (exact) mass is 458 g/mol. The zero-order chi connectivity index (χ0) is 22.6. The van der Waals surface area contributed by atoms with Crippen molar-refractivity contribution in [3.05, 3.63) is 82.4 Å². The first-order chi connectivity index (χ1) is 14.8. The molecule has 3 nitrogen and oxygen atoms in total. The average molecular weight is 459 g/mol. The molecule has 2 aromatic rings. The van der Waals surface area contributed by atoms with Crippen molar-refractivity contribution in [2.45, 2.75) is 51.1 Å². The fourth-order valence-electron chi connectivity index (χ4n) is 4.96. The molecule has 4 atom stereocenters. The Balaban J connectivity index is 2.21. The molecule has 0 radical (unpaired) electrons. The molecular formula is C26H32Cl2N2O. The summed E-state index contributed by atoms with van der Waals surface area (Å²) in [5.74, 6) is 0.293. The van der Waals surface area contributed by atoms with Crippen LogP contribution in [0.1, 0.15) is 56.2 Å². The number of carbonyl (C=O) groups is 1. The number of nitrogens with zero attached hydrogens (tertiary/aromatic N) is 1. The van der Waals surface area contributed by atoms with E-state index >= 15 is 0 Å². The second-order valence-electron chi connectivity index (χ2n) is 8.75. The van der Waals surface area contributed by atoms with Crippen LogP contribution in [0, 0.1) is 5.41 Å². The molecule has 0 saturated carbocycles. The molecule has 1 amide bonds. The van der Waals surface area contributed by atoms with Crippen LogP contribution in [0.3, 0.4) is 0 Å². The number of hydrogen-bond donors (Lipinski definition) is 1. The van der Waals surface area contributed by atoms with Gasteiger partial charge in [0.2, 0.25) is 5.91 Å². The largest absolute Gasteiger partial charge is 0.330 e. The van der Waals surface area contributed by atoms with Crippen LogP contribution >= 0.6 is 23.2 Å². The van der Waals surface area contributed by atoms with E-state index in [2.05, 4.69) is 36.7 Å². The Bertz CT molecular complexity index is 914. The Morgan fingerprint density at radius 2 is 1.90 bits per heavy atom. The number of carbonyl (C=O) groups excluding carboxylic acids is 1. The minimum atomic E-state index is -0.515. The van der Waals surface area contributed by atoms with Gasteiger partial charge in [-0.05, 0) is 61.7 Å². The molecule has 1 aliphatic heterocycles. The van der Waals surface area contributed by atoms with Gasteiger partial charge in [0.05, 0.1) is 11.5 Å². The number of nitrogens with one attached hydrogen (secondary N) is 1. The molecule has 166 valence electrons.